The molecule has 0 amide bonds. The maximum Gasteiger partial charge on any atom is 0.167 e. The number of nitrogens with zero attached hydrogens (tertiary/aromatic N) is 1. The summed E-state index contributed by atoms with van der Waals surface area (Å²) in [7, 11) is 1.98. The number of hydrogen-bond acceptors (Lipinski definition) is 2. The Morgan fingerprint density at radius 1 is 1.35 bits per heavy atom. The lowest BCUT2D eigenvalue weighted by Gasteiger charge is -2.18. The van der Waals surface area contributed by atoms with Gasteiger partial charge in [0, 0.05) is 19.5 Å². The van der Waals surface area contributed by atoms with Gasteiger partial charge in [0.1, 0.15) is 5.82 Å². The summed E-state index contributed by atoms with van der Waals surface area (Å²) in [5, 5.41) is 0. The number of hydrogen-bond donors (Lipinski definition) is 0. The number of benzene rings is 1. The summed E-state index contributed by atoms with van der Waals surface area (Å²) in [6.07, 6.45) is 0.365. The summed E-state index contributed by atoms with van der Waals surface area (Å²) < 4.78 is 13.3. The van der Waals surface area contributed by atoms with Gasteiger partial charge >= 0.3 is 0 Å². The van der Waals surface area contributed by atoms with Crippen LogP contribution >= 0.6 is 0 Å². The fourth-order valence-corrected chi connectivity index (χ4v) is 1.83. The van der Waals surface area contributed by atoms with Crippen LogP contribution in [0.15, 0.2) is 24.3 Å². The minimum atomic E-state index is -0.427. The normalized spacial score (nSPS) is 11.2. The molecule has 0 bridgehead atoms. The minimum absolute atomic E-state index is 0.126. The Labute approximate surface area is 102 Å². The van der Waals surface area contributed by atoms with E-state index >= 15 is 0 Å². The summed E-state index contributed by atoms with van der Waals surface area (Å²) in [5.41, 5.74) is 0.199. The van der Waals surface area contributed by atoms with Crippen molar-refractivity contribution in [2.75, 3.05) is 20.1 Å². The first-order valence-electron chi connectivity index (χ1n) is 5.97. The molecule has 0 aliphatic heterocycles. The number of Topliss-reactive ketones (excluding diaryl/α,β-unsaturated/α-hetero) is 1. The SMILES string of the molecule is CC(C)CN(C)CCC(=O)c1ccccc1F. The van der Waals surface area contributed by atoms with Gasteiger partial charge in [0.2, 0.25) is 0 Å². The Hall–Kier alpha value is -1.22. The molecule has 0 saturated carbocycles. The number of carbonyl (C=O) groups is 1. The predicted octanol–water partition coefficient (Wildman–Crippen LogP) is 2.99. The standard InChI is InChI=1S/C14H20FNO/c1-11(2)10-16(3)9-8-14(17)12-6-4-5-7-13(12)15/h4-7,11H,8-10H2,1-3H3. The van der Waals surface area contributed by atoms with E-state index in [9.17, 15) is 9.18 Å². The Morgan fingerprint density at radius 3 is 2.59 bits per heavy atom. The van der Waals surface area contributed by atoms with Crippen LogP contribution in [0.1, 0.15) is 30.6 Å². The van der Waals surface area contributed by atoms with E-state index in [0.717, 1.165) is 6.54 Å². The van der Waals surface area contributed by atoms with Crippen molar-refractivity contribution in [3.63, 3.8) is 0 Å². The number of carbonyl (C=O) groups excluding carboxylic acids is 1. The molecule has 0 N–H and O–H groups in total. The molecule has 0 radical (unpaired) electrons. The van der Waals surface area contributed by atoms with E-state index < -0.39 is 5.82 Å². The molecule has 0 atom stereocenters. The van der Waals surface area contributed by atoms with E-state index in [-0.39, 0.29) is 11.3 Å². The van der Waals surface area contributed by atoms with Gasteiger partial charge in [-0.15, -0.1) is 0 Å². The monoisotopic (exact) mass is 237 g/mol. The first kappa shape index (κ1) is 13.8. The zero-order chi connectivity index (χ0) is 12.8. The van der Waals surface area contributed by atoms with Crippen LogP contribution < -0.4 is 0 Å². The average Bonchev–Trinajstić information content (AvgIpc) is 2.25. The van der Waals surface area contributed by atoms with Crippen LogP contribution in [-0.2, 0) is 0 Å². The van der Waals surface area contributed by atoms with Gasteiger partial charge in [-0.05, 0) is 25.1 Å². The van der Waals surface area contributed by atoms with Gasteiger partial charge in [0.05, 0.1) is 5.56 Å². The lowest BCUT2D eigenvalue weighted by Crippen LogP contribution is -2.26. The van der Waals surface area contributed by atoms with Crippen LogP contribution in [0.4, 0.5) is 4.39 Å². The van der Waals surface area contributed by atoms with Gasteiger partial charge in [0.15, 0.2) is 5.78 Å². The molecule has 0 spiro atoms. The van der Waals surface area contributed by atoms with Crippen molar-refractivity contribution in [3.05, 3.63) is 35.6 Å². The van der Waals surface area contributed by atoms with Crippen molar-refractivity contribution in [1.29, 1.82) is 0 Å². The van der Waals surface area contributed by atoms with Crippen molar-refractivity contribution in [3.8, 4) is 0 Å². The molecule has 3 heteroatoms. The van der Waals surface area contributed by atoms with Crippen molar-refractivity contribution in [2.24, 2.45) is 5.92 Å². The first-order chi connectivity index (χ1) is 8.00. The summed E-state index contributed by atoms with van der Waals surface area (Å²) in [6, 6.07) is 6.15. The zero-order valence-electron chi connectivity index (χ0n) is 10.7. The van der Waals surface area contributed by atoms with Gasteiger partial charge in [-0.3, -0.25) is 4.79 Å². The van der Waals surface area contributed by atoms with Crippen LogP contribution in [0.3, 0.4) is 0 Å². The van der Waals surface area contributed by atoms with Gasteiger partial charge in [0.25, 0.3) is 0 Å². The number of rotatable bonds is 6. The molecule has 0 aliphatic rings. The molecule has 0 heterocycles. The lowest BCUT2D eigenvalue weighted by molar-refractivity contribution is 0.0963. The van der Waals surface area contributed by atoms with Crippen LogP contribution in [-0.4, -0.2) is 30.8 Å². The van der Waals surface area contributed by atoms with E-state index in [4.69, 9.17) is 0 Å². The Balaban J connectivity index is 2.48. The van der Waals surface area contributed by atoms with E-state index in [1.807, 2.05) is 7.05 Å². The second-order valence-electron chi connectivity index (χ2n) is 4.81. The predicted molar refractivity (Wildman–Crippen MR) is 67.7 cm³/mol. The smallest absolute Gasteiger partial charge is 0.167 e. The van der Waals surface area contributed by atoms with Gasteiger partial charge in [-0.2, -0.15) is 0 Å². The highest BCUT2D eigenvalue weighted by Crippen LogP contribution is 2.09. The maximum atomic E-state index is 13.3. The second-order valence-corrected chi connectivity index (χ2v) is 4.81. The van der Waals surface area contributed by atoms with Crippen LogP contribution in [0.5, 0.6) is 0 Å². The van der Waals surface area contributed by atoms with Crippen molar-refractivity contribution < 1.29 is 9.18 Å². The molecule has 0 fully saturated rings. The molecule has 0 aromatic heterocycles. The number of ketones is 1. The lowest BCUT2D eigenvalue weighted by atomic mass is 10.1. The molecule has 0 unspecified atom stereocenters. The van der Waals surface area contributed by atoms with Crippen molar-refractivity contribution >= 4 is 5.78 Å². The quantitative estimate of drug-likeness (QED) is 0.709. The minimum Gasteiger partial charge on any atom is -0.306 e. The van der Waals surface area contributed by atoms with E-state index in [2.05, 4.69) is 18.7 Å². The molecule has 94 valence electrons. The Morgan fingerprint density at radius 2 is 2.00 bits per heavy atom. The molecule has 0 aliphatic carbocycles. The van der Waals surface area contributed by atoms with Gasteiger partial charge in [-0.1, -0.05) is 26.0 Å². The first-order valence-corrected chi connectivity index (χ1v) is 5.97. The largest absolute Gasteiger partial charge is 0.306 e. The van der Waals surface area contributed by atoms with E-state index in [1.165, 1.54) is 6.07 Å². The zero-order valence-corrected chi connectivity index (χ0v) is 10.7. The second kappa shape index (κ2) is 6.50. The molecule has 1 rings (SSSR count). The summed E-state index contributed by atoms with van der Waals surface area (Å²) in [6.45, 7) is 5.89. The van der Waals surface area contributed by atoms with Gasteiger partial charge in [-0.25, -0.2) is 4.39 Å². The summed E-state index contributed by atoms with van der Waals surface area (Å²) in [5.74, 6) is 0.0197. The summed E-state index contributed by atoms with van der Waals surface area (Å²) >= 11 is 0. The van der Waals surface area contributed by atoms with Crippen LogP contribution in [0.25, 0.3) is 0 Å². The molecular weight excluding hydrogens is 217 g/mol. The molecule has 0 saturated heterocycles. The Bertz CT molecular complexity index is 376. The van der Waals surface area contributed by atoms with E-state index in [0.29, 0.717) is 18.9 Å². The highest BCUT2D eigenvalue weighted by atomic mass is 19.1. The van der Waals surface area contributed by atoms with Gasteiger partial charge < -0.3 is 4.90 Å². The maximum absolute atomic E-state index is 13.3. The van der Waals surface area contributed by atoms with Crippen LogP contribution in [0.2, 0.25) is 0 Å². The highest BCUT2D eigenvalue weighted by Gasteiger charge is 2.11. The molecule has 1 aromatic carbocycles. The molecule has 17 heavy (non-hydrogen) atoms. The molecular formula is C14H20FNO. The van der Waals surface area contributed by atoms with Crippen molar-refractivity contribution in [1.82, 2.24) is 4.90 Å². The third-order valence-corrected chi connectivity index (χ3v) is 2.57. The molecule has 2 nitrogen and oxygen atoms in total. The third kappa shape index (κ3) is 4.65. The highest BCUT2D eigenvalue weighted by molar-refractivity contribution is 5.96. The topological polar surface area (TPSA) is 20.3 Å². The fraction of sp³-hybridized carbons (Fsp3) is 0.500. The number of halogens is 1. The van der Waals surface area contributed by atoms with Crippen molar-refractivity contribution in [2.45, 2.75) is 20.3 Å². The van der Waals surface area contributed by atoms with E-state index in [1.54, 1.807) is 18.2 Å². The average molecular weight is 237 g/mol. The Kier molecular flexibility index (Phi) is 5.29. The summed E-state index contributed by atoms with van der Waals surface area (Å²) in [4.78, 5) is 13.9. The van der Waals surface area contributed by atoms with Crippen LogP contribution in [0, 0.1) is 11.7 Å². The fourth-order valence-electron chi connectivity index (χ4n) is 1.83. The third-order valence-electron chi connectivity index (χ3n) is 2.57. The molecule has 1 aromatic rings.